The molecule has 0 spiro atoms. The van der Waals surface area contributed by atoms with Gasteiger partial charge in [-0.2, -0.15) is 0 Å². The first kappa shape index (κ1) is 9.78. The summed E-state index contributed by atoms with van der Waals surface area (Å²) in [5, 5.41) is 4.37. The van der Waals surface area contributed by atoms with Gasteiger partial charge in [0.1, 0.15) is 0 Å². The van der Waals surface area contributed by atoms with Crippen molar-refractivity contribution in [2.75, 3.05) is 5.73 Å². The van der Waals surface area contributed by atoms with E-state index in [0.29, 0.717) is 11.1 Å². The van der Waals surface area contributed by atoms with Gasteiger partial charge < -0.3 is 10.3 Å². The zero-order valence-corrected chi connectivity index (χ0v) is 9.75. The lowest BCUT2D eigenvalue weighted by Crippen LogP contribution is -1.90. The average Bonchev–Trinajstić information content (AvgIpc) is 2.82. The third kappa shape index (κ3) is 1.50. The Kier molecular flexibility index (Phi) is 2.17. The molecule has 0 bridgehead atoms. The van der Waals surface area contributed by atoms with Gasteiger partial charge >= 0.3 is 0 Å². The molecule has 1 unspecified atom stereocenters. The highest BCUT2D eigenvalue weighted by atomic mass is 32.2. The number of anilines is 1. The Labute approximate surface area is 98.0 Å². The van der Waals surface area contributed by atoms with Crippen molar-refractivity contribution in [3.8, 4) is 11.3 Å². The first-order chi connectivity index (χ1) is 7.74. The Morgan fingerprint density at radius 3 is 3.12 bits per heavy atom. The van der Waals surface area contributed by atoms with Crippen molar-refractivity contribution in [2.45, 2.75) is 23.5 Å². The van der Waals surface area contributed by atoms with Crippen molar-refractivity contribution in [3.63, 3.8) is 0 Å². The van der Waals surface area contributed by atoms with Gasteiger partial charge in [0, 0.05) is 21.8 Å². The van der Waals surface area contributed by atoms with E-state index in [0.717, 1.165) is 17.7 Å². The van der Waals surface area contributed by atoms with Gasteiger partial charge in [0.2, 0.25) is 0 Å². The second kappa shape index (κ2) is 3.56. The first-order valence-electron chi connectivity index (χ1n) is 5.25. The highest BCUT2D eigenvalue weighted by Gasteiger charge is 2.23. The molecule has 82 valence electrons. The fourth-order valence-electron chi connectivity index (χ4n) is 2.05. The van der Waals surface area contributed by atoms with E-state index in [9.17, 15) is 0 Å². The number of hydrogen-bond acceptors (Lipinski definition) is 4. The summed E-state index contributed by atoms with van der Waals surface area (Å²) in [7, 11) is 0. The molecule has 1 aromatic heterocycles. The maximum absolute atomic E-state index is 5.58. The Morgan fingerprint density at radius 1 is 1.50 bits per heavy atom. The van der Waals surface area contributed by atoms with Gasteiger partial charge in [-0.1, -0.05) is 24.2 Å². The molecule has 16 heavy (non-hydrogen) atoms. The third-order valence-electron chi connectivity index (χ3n) is 2.72. The molecule has 0 fully saturated rings. The average molecular weight is 232 g/mol. The van der Waals surface area contributed by atoms with Crippen LogP contribution in [0.3, 0.4) is 0 Å². The summed E-state index contributed by atoms with van der Waals surface area (Å²) in [6.07, 6.45) is 1.12. The van der Waals surface area contributed by atoms with Crippen LogP contribution in [-0.2, 0) is 6.42 Å². The lowest BCUT2D eigenvalue weighted by Gasteiger charge is -2.03. The second-order valence-electron chi connectivity index (χ2n) is 4.04. The second-order valence-corrected chi connectivity index (χ2v) is 5.49. The van der Waals surface area contributed by atoms with Crippen molar-refractivity contribution < 1.29 is 4.52 Å². The molecular weight excluding hydrogens is 220 g/mol. The van der Waals surface area contributed by atoms with Gasteiger partial charge in [0.25, 0.3) is 0 Å². The minimum absolute atomic E-state index is 0.434. The topological polar surface area (TPSA) is 52.0 Å². The molecule has 2 N–H and O–H groups in total. The predicted molar refractivity (Wildman–Crippen MR) is 65.4 cm³/mol. The molecule has 1 atom stereocenters. The van der Waals surface area contributed by atoms with E-state index >= 15 is 0 Å². The molecule has 3 nitrogen and oxygen atoms in total. The number of benzene rings is 1. The number of nitrogen functional groups attached to an aromatic ring is 1. The predicted octanol–water partition coefficient (Wildman–Crippen LogP) is 2.96. The molecule has 0 radical (unpaired) electrons. The van der Waals surface area contributed by atoms with Crippen molar-refractivity contribution in [3.05, 3.63) is 29.8 Å². The van der Waals surface area contributed by atoms with Crippen LogP contribution in [0.25, 0.3) is 11.3 Å². The zero-order valence-electron chi connectivity index (χ0n) is 8.93. The highest BCUT2D eigenvalue weighted by molar-refractivity contribution is 8.00. The Morgan fingerprint density at radius 2 is 2.38 bits per heavy atom. The minimum atomic E-state index is 0.434. The summed E-state index contributed by atoms with van der Waals surface area (Å²) in [5.41, 5.74) is 8.08. The van der Waals surface area contributed by atoms with Crippen LogP contribution in [0.1, 0.15) is 12.5 Å². The maximum atomic E-state index is 5.58. The molecule has 2 heterocycles. The fourth-order valence-corrected chi connectivity index (χ4v) is 3.31. The first-order valence-corrected chi connectivity index (χ1v) is 6.13. The minimum Gasteiger partial charge on any atom is -0.381 e. The van der Waals surface area contributed by atoms with Gasteiger partial charge in [-0.25, -0.2) is 0 Å². The van der Waals surface area contributed by atoms with E-state index in [4.69, 9.17) is 10.3 Å². The number of hydrogen-bond donors (Lipinski definition) is 1. The summed E-state index contributed by atoms with van der Waals surface area (Å²) in [6.45, 7) is 2.24. The fraction of sp³-hybridized carbons (Fsp3) is 0.250. The Balaban J connectivity index is 2.13. The molecule has 2 aromatic rings. The number of fused-ring (bicyclic) bond motifs is 1. The van der Waals surface area contributed by atoms with E-state index in [-0.39, 0.29) is 0 Å². The highest BCUT2D eigenvalue weighted by Crippen LogP contribution is 2.43. The molecule has 4 heteroatoms. The molecule has 1 aliphatic heterocycles. The van der Waals surface area contributed by atoms with E-state index in [2.05, 4.69) is 30.3 Å². The molecule has 0 aliphatic carbocycles. The van der Waals surface area contributed by atoms with Crippen molar-refractivity contribution in [1.82, 2.24) is 5.16 Å². The number of rotatable bonds is 1. The zero-order chi connectivity index (χ0) is 11.1. The van der Waals surface area contributed by atoms with E-state index in [1.54, 1.807) is 6.07 Å². The molecule has 0 saturated carbocycles. The number of thioether (sulfide) groups is 1. The molecule has 0 amide bonds. The van der Waals surface area contributed by atoms with Crippen LogP contribution in [0, 0.1) is 0 Å². The quantitative estimate of drug-likeness (QED) is 0.821. The van der Waals surface area contributed by atoms with E-state index in [1.165, 1.54) is 10.5 Å². The van der Waals surface area contributed by atoms with Crippen LogP contribution in [0.15, 0.2) is 33.7 Å². The van der Waals surface area contributed by atoms with E-state index < -0.39 is 0 Å². The van der Waals surface area contributed by atoms with Crippen molar-refractivity contribution >= 4 is 17.6 Å². The van der Waals surface area contributed by atoms with Crippen molar-refractivity contribution in [1.29, 1.82) is 0 Å². The lowest BCUT2D eigenvalue weighted by atomic mass is 10.1. The van der Waals surface area contributed by atoms with Gasteiger partial charge in [0.15, 0.2) is 11.6 Å². The van der Waals surface area contributed by atoms with Crippen LogP contribution in [0.4, 0.5) is 5.82 Å². The van der Waals surface area contributed by atoms with Gasteiger partial charge in [-0.05, 0) is 18.1 Å². The largest absolute Gasteiger partial charge is 0.381 e. The number of aromatic nitrogens is 1. The van der Waals surface area contributed by atoms with Crippen LogP contribution < -0.4 is 5.73 Å². The SMILES string of the molecule is CC1Cc2cccc(-c3cc(N)no3)c2S1. The van der Waals surface area contributed by atoms with Crippen molar-refractivity contribution in [2.24, 2.45) is 0 Å². The Hall–Kier alpha value is -1.42. The summed E-state index contributed by atoms with van der Waals surface area (Å²) in [5.74, 6) is 1.19. The van der Waals surface area contributed by atoms with Gasteiger partial charge in [-0.15, -0.1) is 11.8 Å². The molecule has 3 rings (SSSR count). The maximum Gasteiger partial charge on any atom is 0.170 e. The lowest BCUT2D eigenvalue weighted by molar-refractivity contribution is 0.435. The molecule has 0 saturated heterocycles. The normalized spacial score (nSPS) is 18.7. The van der Waals surface area contributed by atoms with Crippen LogP contribution in [-0.4, -0.2) is 10.4 Å². The molecule has 1 aliphatic rings. The van der Waals surface area contributed by atoms with Crippen LogP contribution in [0.2, 0.25) is 0 Å². The Bertz CT molecular complexity index is 536. The van der Waals surface area contributed by atoms with Gasteiger partial charge in [-0.3, -0.25) is 0 Å². The molecule has 1 aromatic carbocycles. The van der Waals surface area contributed by atoms with Crippen LogP contribution in [0.5, 0.6) is 0 Å². The summed E-state index contributed by atoms with van der Waals surface area (Å²) in [4.78, 5) is 1.31. The summed E-state index contributed by atoms with van der Waals surface area (Å²) >= 11 is 1.89. The standard InChI is InChI=1S/C12H12N2OS/c1-7-5-8-3-2-4-9(12(8)16-7)10-6-11(13)14-15-10/h2-4,6-7H,5H2,1H3,(H2,13,14). The number of nitrogens with zero attached hydrogens (tertiary/aromatic N) is 1. The number of nitrogens with two attached hydrogens (primary N) is 1. The van der Waals surface area contributed by atoms with Gasteiger partial charge in [0.05, 0.1) is 0 Å². The van der Waals surface area contributed by atoms with E-state index in [1.807, 2.05) is 11.8 Å². The van der Waals surface area contributed by atoms with Crippen LogP contribution >= 0.6 is 11.8 Å². The third-order valence-corrected chi connectivity index (χ3v) is 4.00. The smallest absolute Gasteiger partial charge is 0.170 e. The monoisotopic (exact) mass is 232 g/mol. The summed E-state index contributed by atoms with van der Waals surface area (Å²) < 4.78 is 5.22. The summed E-state index contributed by atoms with van der Waals surface area (Å²) in [6, 6.07) is 8.07. The molecular formula is C12H12N2OS.